The van der Waals surface area contributed by atoms with Crippen LogP contribution in [0.3, 0.4) is 0 Å². The second kappa shape index (κ2) is 7.35. The van der Waals surface area contributed by atoms with E-state index in [2.05, 4.69) is 10.6 Å². The predicted molar refractivity (Wildman–Crippen MR) is 95.6 cm³/mol. The molecule has 7 heteroatoms. The summed E-state index contributed by atoms with van der Waals surface area (Å²) in [4.78, 5) is 38.4. The molecule has 2 N–H and O–H groups in total. The van der Waals surface area contributed by atoms with Crippen molar-refractivity contribution in [2.45, 2.75) is 50.6 Å². The number of methoxy groups -OCH3 is 1. The molecule has 0 aromatic heterocycles. The maximum absolute atomic E-state index is 12.9. The molecule has 1 aliphatic heterocycles. The summed E-state index contributed by atoms with van der Waals surface area (Å²) in [6.07, 6.45) is 5.30. The molecule has 2 fully saturated rings. The molecule has 4 amide bonds. The molecule has 1 saturated carbocycles. The average Bonchev–Trinajstić information content (AvgIpc) is 2.86. The van der Waals surface area contributed by atoms with Gasteiger partial charge in [0.1, 0.15) is 17.8 Å². The van der Waals surface area contributed by atoms with Crippen molar-refractivity contribution in [3.05, 3.63) is 29.8 Å². The first-order valence-electron chi connectivity index (χ1n) is 9.02. The molecule has 1 saturated heterocycles. The Morgan fingerprint density at radius 1 is 1.23 bits per heavy atom. The van der Waals surface area contributed by atoms with E-state index in [4.69, 9.17) is 4.74 Å². The van der Waals surface area contributed by atoms with E-state index in [-0.39, 0.29) is 18.5 Å². The van der Waals surface area contributed by atoms with Gasteiger partial charge >= 0.3 is 6.03 Å². The van der Waals surface area contributed by atoms with Crippen molar-refractivity contribution in [2.24, 2.45) is 0 Å². The van der Waals surface area contributed by atoms with Crippen molar-refractivity contribution in [1.29, 1.82) is 0 Å². The van der Waals surface area contributed by atoms with Crippen molar-refractivity contribution in [2.75, 3.05) is 13.7 Å². The number of hydrogen-bond acceptors (Lipinski definition) is 4. The lowest BCUT2D eigenvalue weighted by molar-refractivity contribution is -0.135. The number of nitrogens with zero attached hydrogens (tertiary/aromatic N) is 1. The van der Waals surface area contributed by atoms with Crippen molar-refractivity contribution >= 4 is 17.8 Å². The molecule has 2 aliphatic rings. The molecule has 1 atom stereocenters. The van der Waals surface area contributed by atoms with E-state index in [0.717, 1.165) is 30.6 Å². The minimum absolute atomic E-state index is 0.144. The Kier molecular flexibility index (Phi) is 5.15. The third-order valence-corrected chi connectivity index (χ3v) is 5.21. The molecule has 1 aliphatic carbocycles. The van der Waals surface area contributed by atoms with Gasteiger partial charge < -0.3 is 15.4 Å². The van der Waals surface area contributed by atoms with E-state index < -0.39 is 17.5 Å². The van der Waals surface area contributed by atoms with E-state index in [9.17, 15) is 14.4 Å². The van der Waals surface area contributed by atoms with Gasteiger partial charge in [-0.25, -0.2) is 4.79 Å². The Hall–Kier alpha value is -2.57. The molecule has 0 spiro atoms. The molecule has 3 rings (SSSR count). The first-order chi connectivity index (χ1) is 12.4. The number of hydrogen-bond donors (Lipinski definition) is 2. The molecule has 0 bridgehead atoms. The van der Waals surface area contributed by atoms with Gasteiger partial charge in [0.15, 0.2) is 0 Å². The lowest BCUT2D eigenvalue weighted by atomic mass is 9.92. The van der Waals surface area contributed by atoms with Crippen molar-refractivity contribution in [3.63, 3.8) is 0 Å². The number of ether oxygens (including phenoxy) is 1. The Bertz CT molecular complexity index is 697. The number of benzene rings is 1. The van der Waals surface area contributed by atoms with E-state index in [1.807, 2.05) is 0 Å². The zero-order valence-corrected chi connectivity index (χ0v) is 15.2. The first kappa shape index (κ1) is 18.2. The SMILES string of the molecule is COc1ccc([C@@]2(C)NC(=O)N(CC(=O)NC3CCCCC3)C2=O)cc1. The Labute approximate surface area is 153 Å². The van der Waals surface area contributed by atoms with Crippen LogP contribution >= 0.6 is 0 Å². The minimum Gasteiger partial charge on any atom is -0.497 e. The summed E-state index contributed by atoms with van der Waals surface area (Å²) >= 11 is 0. The number of carbonyl (C=O) groups excluding carboxylic acids is 3. The highest BCUT2D eigenvalue weighted by atomic mass is 16.5. The third kappa shape index (κ3) is 3.52. The van der Waals surface area contributed by atoms with Gasteiger partial charge in [-0.2, -0.15) is 0 Å². The van der Waals surface area contributed by atoms with Crippen LogP contribution in [0, 0.1) is 0 Å². The zero-order chi connectivity index (χ0) is 18.7. The molecule has 1 heterocycles. The second-order valence-corrected chi connectivity index (χ2v) is 7.08. The summed E-state index contributed by atoms with van der Waals surface area (Å²) in [5.74, 6) is -0.0521. The molecule has 0 unspecified atom stereocenters. The van der Waals surface area contributed by atoms with Crippen LogP contribution in [0.4, 0.5) is 4.79 Å². The lowest BCUT2D eigenvalue weighted by Gasteiger charge is -2.24. The summed E-state index contributed by atoms with van der Waals surface area (Å²) in [5, 5.41) is 5.65. The summed E-state index contributed by atoms with van der Waals surface area (Å²) in [5.41, 5.74) is -0.541. The van der Waals surface area contributed by atoms with Crippen LogP contribution in [0.5, 0.6) is 5.75 Å². The van der Waals surface area contributed by atoms with Crippen molar-refractivity contribution < 1.29 is 19.1 Å². The highest BCUT2D eigenvalue weighted by Gasteiger charge is 2.49. The summed E-state index contributed by atoms with van der Waals surface area (Å²) in [6, 6.07) is 6.54. The van der Waals surface area contributed by atoms with Crippen molar-refractivity contribution in [1.82, 2.24) is 15.5 Å². The van der Waals surface area contributed by atoms with Gasteiger partial charge in [0, 0.05) is 6.04 Å². The smallest absolute Gasteiger partial charge is 0.325 e. The van der Waals surface area contributed by atoms with Crippen LogP contribution in [-0.4, -0.2) is 42.4 Å². The van der Waals surface area contributed by atoms with Crippen LogP contribution in [0.2, 0.25) is 0 Å². The maximum atomic E-state index is 12.9. The summed E-state index contributed by atoms with van der Waals surface area (Å²) < 4.78 is 5.12. The van der Waals surface area contributed by atoms with Gasteiger partial charge in [-0.3, -0.25) is 14.5 Å². The fraction of sp³-hybridized carbons (Fsp3) is 0.526. The fourth-order valence-electron chi connectivity index (χ4n) is 3.62. The number of rotatable bonds is 5. The van der Waals surface area contributed by atoms with E-state index in [0.29, 0.717) is 11.3 Å². The molecule has 7 nitrogen and oxygen atoms in total. The molecule has 0 radical (unpaired) electrons. The van der Waals surface area contributed by atoms with Gasteiger partial charge in [0.05, 0.1) is 7.11 Å². The molecular weight excluding hydrogens is 334 g/mol. The molecular formula is C19H25N3O4. The highest BCUT2D eigenvalue weighted by molar-refractivity contribution is 6.09. The number of carbonyl (C=O) groups is 3. The lowest BCUT2D eigenvalue weighted by Crippen LogP contribution is -2.45. The highest BCUT2D eigenvalue weighted by Crippen LogP contribution is 2.30. The van der Waals surface area contributed by atoms with Crippen LogP contribution in [0.1, 0.15) is 44.6 Å². The van der Waals surface area contributed by atoms with E-state index >= 15 is 0 Å². The van der Waals surface area contributed by atoms with Gasteiger partial charge in [-0.15, -0.1) is 0 Å². The summed E-state index contributed by atoms with van der Waals surface area (Å²) in [7, 11) is 1.56. The van der Waals surface area contributed by atoms with Crippen LogP contribution in [0.25, 0.3) is 0 Å². The number of imide groups is 1. The van der Waals surface area contributed by atoms with Crippen molar-refractivity contribution in [3.8, 4) is 5.75 Å². The van der Waals surface area contributed by atoms with Crippen LogP contribution in [0.15, 0.2) is 24.3 Å². The second-order valence-electron chi connectivity index (χ2n) is 7.08. The molecule has 140 valence electrons. The Balaban J connectivity index is 1.68. The number of urea groups is 1. The van der Waals surface area contributed by atoms with Gasteiger partial charge in [0.2, 0.25) is 5.91 Å². The van der Waals surface area contributed by atoms with E-state index in [1.54, 1.807) is 38.3 Å². The molecule has 1 aromatic rings. The van der Waals surface area contributed by atoms with Crippen LogP contribution in [-0.2, 0) is 15.1 Å². The van der Waals surface area contributed by atoms with Gasteiger partial charge in [-0.1, -0.05) is 31.4 Å². The Morgan fingerprint density at radius 2 is 1.88 bits per heavy atom. The molecule has 26 heavy (non-hydrogen) atoms. The maximum Gasteiger partial charge on any atom is 0.325 e. The largest absolute Gasteiger partial charge is 0.497 e. The minimum atomic E-state index is -1.19. The normalized spacial score (nSPS) is 23.7. The average molecular weight is 359 g/mol. The summed E-state index contributed by atoms with van der Waals surface area (Å²) in [6.45, 7) is 1.39. The quantitative estimate of drug-likeness (QED) is 0.786. The van der Waals surface area contributed by atoms with Crippen LogP contribution < -0.4 is 15.4 Å². The van der Waals surface area contributed by atoms with Gasteiger partial charge in [-0.05, 0) is 37.5 Å². The zero-order valence-electron chi connectivity index (χ0n) is 15.2. The predicted octanol–water partition coefficient (Wildman–Crippen LogP) is 1.91. The number of nitrogens with one attached hydrogen (secondary N) is 2. The van der Waals surface area contributed by atoms with Gasteiger partial charge in [0.25, 0.3) is 5.91 Å². The number of amides is 4. The Morgan fingerprint density at radius 3 is 2.50 bits per heavy atom. The fourth-order valence-corrected chi connectivity index (χ4v) is 3.62. The standard InChI is InChI=1S/C19H25N3O4/c1-19(13-8-10-15(26-2)11-9-13)17(24)22(18(25)21-19)12-16(23)20-14-6-4-3-5-7-14/h8-11,14H,3-7,12H2,1-2H3,(H,20,23)(H,21,25)/t19-/m1/s1. The first-order valence-corrected chi connectivity index (χ1v) is 9.02. The van der Waals surface area contributed by atoms with E-state index in [1.165, 1.54) is 6.42 Å². The topological polar surface area (TPSA) is 87.7 Å². The third-order valence-electron chi connectivity index (χ3n) is 5.21. The monoisotopic (exact) mass is 359 g/mol. The molecule has 1 aromatic carbocycles.